The van der Waals surface area contributed by atoms with Crippen molar-refractivity contribution in [3.8, 4) is 0 Å². The van der Waals surface area contributed by atoms with E-state index in [-0.39, 0.29) is 18.4 Å². The molecule has 0 bridgehead atoms. The number of aliphatic hydroxyl groups excluding tert-OH is 1. The van der Waals surface area contributed by atoms with Gasteiger partial charge in [0.05, 0.1) is 18.5 Å². The van der Waals surface area contributed by atoms with E-state index in [0.717, 1.165) is 62.8 Å². The molecule has 2 aromatic rings. The third-order valence-electron chi connectivity index (χ3n) is 7.46. The molecule has 0 radical (unpaired) electrons. The molecule has 0 aliphatic carbocycles. The van der Waals surface area contributed by atoms with Crippen molar-refractivity contribution in [3.63, 3.8) is 0 Å². The van der Waals surface area contributed by atoms with Crippen molar-refractivity contribution >= 4 is 11.6 Å². The first-order chi connectivity index (χ1) is 17.4. The zero-order valence-corrected chi connectivity index (χ0v) is 22.1. The Balaban J connectivity index is 1.39. The van der Waals surface area contributed by atoms with Crippen LogP contribution >= 0.6 is 0 Å². The summed E-state index contributed by atoms with van der Waals surface area (Å²) in [6, 6.07) is 8.81. The SMILES string of the molecule is CC(C)c1ccc(CN2CCN(CCO)C(CC(C)c3ccc(N4CCNCCC4=O)cn3)C2)cn1. The molecule has 8 heteroatoms. The molecular formula is C28H42N6O2. The third-order valence-corrected chi connectivity index (χ3v) is 7.46. The number of carbonyl (C=O) groups is 1. The molecule has 0 saturated carbocycles. The van der Waals surface area contributed by atoms with Crippen LogP contribution in [0.2, 0.25) is 0 Å². The minimum absolute atomic E-state index is 0.151. The predicted octanol–water partition coefficient (Wildman–Crippen LogP) is 2.60. The lowest BCUT2D eigenvalue weighted by Gasteiger charge is -2.42. The Hall–Kier alpha value is -2.39. The molecule has 0 aromatic carbocycles. The fraction of sp³-hybridized carbons (Fsp3) is 0.607. The van der Waals surface area contributed by atoms with E-state index in [9.17, 15) is 9.90 Å². The van der Waals surface area contributed by atoms with Gasteiger partial charge in [-0.2, -0.15) is 0 Å². The average molecular weight is 495 g/mol. The molecule has 2 atom stereocenters. The normalized spacial score (nSPS) is 21.1. The molecule has 1 amide bonds. The highest BCUT2D eigenvalue weighted by Crippen LogP contribution is 2.26. The van der Waals surface area contributed by atoms with Crippen LogP contribution in [0.5, 0.6) is 0 Å². The van der Waals surface area contributed by atoms with Gasteiger partial charge < -0.3 is 15.3 Å². The molecule has 2 aliphatic heterocycles. The Kier molecular flexibility index (Phi) is 9.42. The van der Waals surface area contributed by atoms with Crippen LogP contribution in [-0.4, -0.2) is 89.2 Å². The third kappa shape index (κ3) is 6.88. The fourth-order valence-electron chi connectivity index (χ4n) is 5.30. The van der Waals surface area contributed by atoms with Crippen molar-refractivity contribution < 1.29 is 9.90 Å². The lowest BCUT2D eigenvalue weighted by molar-refractivity contribution is -0.118. The standard InChI is InChI=1S/C28H42N6O2/c1-21(2)26-6-4-23(17-30-26)19-32-12-13-33(14-15-35)25(20-32)16-22(3)27-7-5-24(18-31-27)34-11-10-29-9-8-28(34)36/h4-7,17-18,21-22,25,29,35H,8-16,19-20H2,1-3H3. The molecule has 36 heavy (non-hydrogen) atoms. The molecule has 196 valence electrons. The summed E-state index contributed by atoms with van der Waals surface area (Å²) in [6.45, 7) is 13.5. The maximum Gasteiger partial charge on any atom is 0.228 e. The van der Waals surface area contributed by atoms with Crippen molar-refractivity contribution in [1.29, 1.82) is 0 Å². The Morgan fingerprint density at radius 3 is 2.53 bits per heavy atom. The fourth-order valence-corrected chi connectivity index (χ4v) is 5.30. The van der Waals surface area contributed by atoms with Gasteiger partial charge >= 0.3 is 0 Å². The average Bonchev–Trinajstić information content (AvgIpc) is 3.10. The van der Waals surface area contributed by atoms with E-state index in [2.05, 4.69) is 59.1 Å². The summed E-state index contributed by atoms with van der Waals surface area (Å²) < 4.78 is 0. The van der Waals surface area contributed by atoms with Crippen LogP contribution in [-0.2, 0) is 11.3 Å². The van der Waals surface area contributed by atoms with Gasteiger partial charge in [0.25, 0.3) is 0 Å². The van der Waals surface area contributed by atoms with Crippen molar-refractivity contribution in [2.75, 3.05) is 57.3 Å². The van der Waals surface area contributed by atoms with E-state index in [1.165, 1.54) is 5.56 Å². The predicted molar refractivity (Wildman–Crippen MR) is 143 cm³/mol. The van der Waals surface area contributed by atoms with E-state index in [1.54, 1.807) is 0 Å². The van der Waals surface area contributed by atoms with E-state index in [1.807, 2.05) is 23.4 Å². The zero-order chi connectivity index (χ0) is 25.5. The topological polar surface area (TPSA) is 84.8 Å². The second kappa shape index (κ2) is 12.7. The summed E-state index contributed by atoms with van der Waals surface area (Å²) in [5.74, 6) is 0.869. The van der Waals surface area contributed by atoms with Gasteiger partial charge in [0.1, 0.15) is 0 Å². The second-order valence-corrected chi connectivity index (χ2v) is 10.5. The number of nitrogens with one attached hydrogen (secondary N) is 1. The molecule has 8 nitrogen and oxygen atoms in total. The summed E-state index contributed by atoms with van der Waals surface area (Å²) in [5.41, 5.74) is 4.31. The molecule has 4 heterocycles. The van der Waals surface area contributed by atoms with Gasteiger partial charge in [-0.05, 0) is 42.0 Å². The van der Waals surface area contributed by atoms with Gasteiger partial charge in [-0.15, -0.1) is 0 Å². The highest BCUT2D eigenvalue weighted by atomic mass is 16.3. The summed E-state index contributed by atoms with van der Waals surface area (Å²) in [7, 11) is 0. The lowest BCUT2D eigenvalue weighted by atomic mass is 9.95. The number of anilines is 1. The first-order valence-electron chi connectivity index (χ1n) is 13.4. The van der Waals surface area contributed by atoms with Gasteiger partial charge in [0.15, 0.2) is 0 Å². The number of hydrogen-bond donors (Lipinski definition) is 2. The zero-order valence-electron chi connectivity index (χ0n) is 22.1. The number of β-amino-alcohol motifs (C(OH)–C–C–N with tert-alkyl or cyclic N) is 1. The van der Waals surface area contributed by atoms with Crippen LogP contribution in [0.3, 0.4) is 0 Å². The Morgan fingerprint density at radius 1 is 1.03 bits per heavy atom. The number of rotatable bonds is 9. The van der Waals surface area contributed by atoms with Crippen molar-refractivity contribution in [2.24, 2.45) is 0 Å². The van der Waals surface area contributed by atoms with Crippen molar-refractivity contribution in [1.82, 2.24) is 25.1 Å². The second-order valence-electron chi connectivity index (χ2n) is 10.5. The smallest absolute Gasteiger partial charge is 0.228 e. The number of piperazine rings is 1. The molecule has 2 unspecified atom stereocenters. The van der Waals surface area contributed by atoms with Crippen molar-refractivity contribution in [2.45, 2.75) is 58.0 Å². The van der Waals surface area contributed by atoms with Crippen LogP contribution in [0, 0.1) is 0 Å². The molecule has 2 N–H and O–H groups in total. The maximum absolute atomic E-state index is 12.4. The van der Waals surface area contributed by atoms with E-state index < -0.39 is 0 Å². The first kappa shape index (κ1) is 26.7. The van der Waals surface area contributed by atoms with Gasteiger partial charge in [-0.3, -0.25) is 24.6 Å². The molecule has 0 spiro atoms. The molecular weight excluding hydrogens is 452 g/mol. The monoisotopic (exact) mass is 494 g/mol. The number of hydrogen-bond acceptors (Lipinski definition) is 7. The Morgan fingerprint density at radius 2 is 1.83 bits per heavy atom. The molecule has 2 aromatic heterocycles. The highest BCUT2D eigenvalue weighted by Gasteiger charge is 2.29. The number of aliphatic hydroxyl groups is 1. The van der Waals surface area contributed by atoms with E-state index in [4.69, 9.17) is 4.98 Å². The minimum atomic E-state index is 0.151. The highest BCUT2D eigenvalue weighted by molar-refractivity contribution is 5.93. The number of carbonyl (C=O) groups excluding carboxylic acids is 1. The lowest BCUT2D eigenvalue weighted by Crippen LogP contribution is -2.53. The quantitative estimate of drug-likeness (QED) is 0.554. The van der Waals surface area contributed by atoms with Gasteiger partial charge in [-0.1, -0.05) is 26.8 Å². The van der Waals surface area contributed by atoms with Crippen LogP contribution in [0.1, 0.15) is 62.4 Å². The van der Waals surface area contributed by atoms with Crippen LogP contribution < -0.4 is 10.2 Å². The largest absolute Gasteiger partial charge is 0.395 e. The Labute approximate surface area is 215 Å². The molecule has 2 aliphatic rings. The van der Waals surface area contributed by atoms with Crippen LogP contribution in [0.4, 0.5) is 5.69 Å². The summed E-state index contributed by atoms with van der Waals surface area (Å²) in [4.78, 5) is 28.6. The summed E-state index contributed by atoms with van der Waals surface area (Å²) in [5, 5.41) is 12.9. The van der Waals surface area contributed by atoms with E-state index in [0.29, 0.717) is 31.5 Å². The number of amides is 1. The van der Waals surface area contributed by atoms with Crippen LogP contribution in [0.25, 0.3) is 0 Å². The number of pyridine rings is 2. The van der Waals surface area contributed by atoms with Gasteiger partial charge in [0, 0.05) is 82.4 Å². The summed E-state index contributed by atoms with van der Waals surface area (Å²) in [6.07, 6.45) is 5.36. The number of aromatic nitrogens is 2. The molecule has 4 rings (SSSR count). The first-order valence-corrected chi connectivity index (χ1v) is 13.4. The minimum Gasteiger partial charge on any atom is -0.395 e. The van der Waals surface area contributed by atoms with Gasteiger partial charge in [-0.25, -0.2) is 0 Å². The van der Waals surface area contributed by atoms with Crippen molar-refractivity contribution in [3.05, 3.63) is 53.6 Å². The molecule has 2 saturated heterocycles. The summed E-state index contributed by atoms with van der Waals surface area (Å²) >= 11 is 0. The van der Waals surface area contributed by atoms with E-state index >= 15 is 0 Å². The van der Waals surface area contributed by atoms with Gasteiger partial charge in [0.2, 0.25) is 5.91 Å². The number of nitrogens with zero attached hydrogens (tertiary/aromatic N) is 5. The van der Waals surface area contributed by atoms with Crippen LogP contribution in [0.15, 0.2) is 36.7 Å². The maximum atomic E-state index is 12.4. The molecule has 2 fully saturated rings. The Bertz CT molecular complexity index is 965.